The van der Waals surface area contributed by atoms with E-state index in [4.69, 9.17) is 19.7 Å². The molecule has 0 fully saturated rings. The van der Waals surface area contributed by atoms with Gasteiger partial charge in [-0.05, 0) is 62.5 Å². The summed E-state index contributed by atoms with van der Waals surface area (Å²) in [4.78, 5) is 20.8. The van der Waals surface area contributed by atoms with Crippen LogP contribution in [-0.2, 0) is 6.42 Å². The summed E-state index contributed by atoms with van der Waals surface area (Å²) in [6.07, 6.45) is 10.1. The Hall–Kier alpha value is -4.69. The van der Waals surface area contributed by atoms with Gasteiger partial charge in [0.25, 0.3) is 0 Å². The molecule has 7 nitrogen and oxygen atoms in total. The van der Waals surface area contributed by atoms with Crippen molar-refractivity contribution in [1.82, 2.24) is 19.9 Å². The van der Waals surface area contributed by atoms with Crippen LogP contribution in [0.2, 0.25) is 0 Å². The van der Waals surface area contributed by atoms with E-state index < -0.39 is 0 Å². The van der Waals surface area contributed by atoms with Crippen LogP contribution in [0.15, 0.2) is 96.4 Å². The number of anilines is 2. The second-order valence-electron chi connectivity index (χ2n) is 10.1. The van der Waals surface area contributed by atoms with Gasteiger partial charge in [0.05, 0.1) is 17.6 Å². The molecule has 2 aromatic heterocycles. The van der Waals surface area contributed by atoms with Gasteiger partial charge in [-0.1, -0.05) is 36.4 Å². The highest BCUT2D eigenvalue weighted by molar-refractivity contribution is 6.33. The molecule has 0 bridgehead atoms. The molecule has 6 rings (SSSR count). The number of pyridine rings is 1. The second-order valence-corrected chi connectivity index (χ2v) is 10.1. The number of nitrogens with zero attached hydrogens (tertiary/aromatic N) is 5. The minimum Gasteiger partial charge on any atom is -0.487 e. The van der Waals surface area contributed by atoms with Gasteiger partial charge in [0.2, 0.25) is 0 Å². The third kappa shape index (κ3) is 5.53. The van der Waals surface area contributed by atoms with Crippen LogP contribution >= 0.6 is 0 Å². The molecule has 0 saturated carbocycles. The zero-order chi connectivity index (χ0) is 27.5. The molecular formula is C32H29FN6O. The molecule has 2 aromatic carbocycles. The third-order valence-corrected chi connectivity index (χ3v) is 6.86. The smallest absolute Gasteiger partial charge is 0.180 e. The Balaban J connectivity index is 1.39. The van der Waals surface area contributed by atoms with Gasteiger partial charge in [-0.25, -0.2) is 14.4 Å². The Morgan fingerprint density at radius 3 is 2.60 bits per heavy atom. The fraction of sp³-hybridized carbons (Fsp3) is 0.188. The number of aliphatic imine (C=N–C) groups is 1. The van der Waals surface area contributed by atoms with Gasteiger partial charge in [0.1, 0.15) is 12.4 Å². The van der Waals surface area contributed by atoms with Gasteiger partial charge < -0.3 is 15.0 Å². The van der Waals surface area contributed by atoms with Crippen molar-refractivity contribution in [3.8, 4) is 5.75 Å². The zero-order valence-corrected chi connectivity index (χ0v) is 22.4. The maximum absolute atomic E-state index is 13.6. The van der Waals surface area contributed by atoms with Crippen LogP contribution in [0, 0.1) is 11.7 Å². The van der Waals surface area contributed by atoms with E-state index in [1.165, 1.54) is 12.1 Å². The number of nitrogens with one attached hydrogen (secondary N) is 1. The fourth-order valence-electron chi connectivity index (χ4n) is 4.84. The largest absolute Gasteiger partial charge is 0.487 e. The van der Waals surface area contributed by atoms with Crippen LogP contribution in [-0.4, -0.2) is 52.8 Å². The zero-order valence-electron chi connectivity index (χ0n) is 22.4. The van der Waals surface area contributed by atoms with E-state index in [1.54, 1.807) is 18.6 Å². The molecule has 0 spiro atoms. The van der Waals surface area contributed by atoms with Crippen molar-refractivity contribution in [1.29, 1.82) is 0 Å². The van der Waals surface area contributed by atoms with Crippen LogP contribution in [0.1, 0.15) is 17.0 Å². The average molecular weight is 533 g/mol. The van der Waals surface area contributed by atoms with Crippen molar-refractivity contribution in [2.45, 2.75) is 6.42 Å². The minimum atomic E-state index is -0.245. The van der Waals surface area contributed by atoms with E-state index in [1.807, 2.05) is 56.6 Å². The number of hydrogen-bond donors (Lipinski definition) is 1. The van der Waals surface area contributed by atoms with Gasteiger partial charge in [0, 0.05) is 47.3 Å². The normalized spacial score (nSPS) is 15.6. The molecule has 1 unspecified atom stereocenters. The Bertz CT molecular complexity index is 1610. The van der Waals surface area contributed by atoms with E-state index in [-0.39, 0.29) is 11.7 Å². The first-order chi connectivity index (χ1) is 19.5. The molecule has 0 saturated heterocycles. The number of allylic oxidation sites excluding steroid dienone is 4. The van der Waals surface area contributed by atoms with E-state index in [0.717, 1.165) is 45.9 Å². The highest BCUT2D eigenvalue weighted by Gasteiger charge is 2.31. The number of para-hydroxylation sites is 1. The van der Waals surface area contributed by atoms with Gasteiger partial charge >= 0.3 is 0 Å². The highest BCUT2D eigenvalue weighted by Crippen LogP contribution is 2.42. The Morgan fingerprint density at radius 1 is 1.00 bits per heavy atom. The molecule has 0 radical (unpaired) electrons. The molecule has 40 heavy (non-hydrogen) atoms. The van der Waals surface area contributed by atoms with Crippen LogP contribution in [0.3, 0.4) is 0 Å². The standard InChI is InChI=1S/C32H29FN6O/c1-39(2)15-16-40-29-20-35-31(38-32(29)36-25-11-13-34-14-12-25)23-18-22(17-21-7-9-24(33)10-8-21)30-27(19-23)26-5-3-4-6-28(26)37-30/h3-14,18-20,22H,15-17H2,1-2H3,(H,34,35,36,38). The number of halogens is 1. The first kappa shape index (κ1) is 25.6. The van der Waals surface area contributed by atoms with Gasteiger partial charge in [-0.15, -0.1) is 0 Å². The summed E-state index contributed by atoms with van der Waals surface area (Å²) in [5.41, 5.74) is 6.90. The number of fused-ring (bicyclic) bond motifs is 3. The molecule has 1 aliphatic heterocycles. The molecule has 3 heterocycles. The first-order valence-corrected chi connectivity index (χ1v) is 13.2. The summed E-state index contributed by atoms with van der Waals surface area (Å²) in [7, 11) is 4.01. The van der Waals surface area contributed by atoms with Crippen molar-refractivity contribution < 1.29 is 9.13 Å². The van der Waals surface area contributed by atoms with Crippen molar-refractivity contribution in [2.24, 2.45) is 10.9 Å². The quantitative estimate of drug-likeness (QED) is 0.280. The number of benzene rings is 2. The van der Waals surface area contributed by atoms with Gasteiger partial charge in [-0.3, -0.25) is 9.98 Å². The lowest BCUT2D eigenvalue weighted by atomic mass is 9.82. The Morgan fingerprint density at radius 2 is 1.80 bits per heavy atom. The predicted octanol–water partition coefficient (Wildman–Crippen LogP) is 6.12. The third-order valence-electron chi connectivity index (χ3n) is 6.86. The molecule has 2 aliphatic rings. The van der Waals surface area contributed by atoms with E-state index in [0.29, 0.717) is 30.4 Å². The predicted molar refractivity (Wildman–Crippen MR) is 157 cm³/mol. The number of aromatic nitrogens is 3. The average Bonchev–Trinajstić information content (AvgIpc) is 3.34. The van der Waals surface area contributed by atoms with Crippen LogP contribution in [0.4, 0.5) is 21.6 Å². The van der Waals surface area contributed by atoms with Crippen LogP contribution < -0.4 is 10.1 Å². The van der Waals surface area contributed by atoms with Crippen molar-refractivity contribution in [3.63, 3.8) is 0 Å². The van der Waals surface area contributed by atoms with Gasteiger partial charge in [-0.2, -0.15) is 0 Å². The number of ether oxygens (including phenoxy) is 1. The SMILES string of the molecule is CN(C)CCOc1cnc(C2=CC(Cc3ccc(F)cc3)C3=Nc4ccccc4C3=C2)nc1Nc1ccncc1. The lowest BCUT2D eigenvalue weighted by molar-refractivity contribution is 0.261. The highest BCUT2D eigenvalue weighted by atomic mass is 19.1. The molecule has 4 aromatic rings. The lowest BCUT2D eigenvalue weighted by Gasteiger charge is -2.22. The monoisotopic (exact) mass is 532 g/mol. The van der Waals surface area contributed by atoms with E-state index in [2.05, 4.69) is 33.4 Å². The van der Waals surface area contributed by atoms with E-state index in [9.17, 15) is 4.39 Å². The molecular weight excluding hydrogens is 503 g/mol. The molecule has 8 heteroatoms. The minimum absolute atomic E-state index is 0.0240. The maximum atomic E-state index is 13.6. The van der Waals surface area contributed by atoms with Crippen molar-refractivity contribution in [2.75, 3.05) is 32.6 Å². The van der Waals surface area contributed by atoms with Crippen molar-refractivity contribution in [3.05, 3.63) is 114 Å². The van der Waals surface area contributed by atoms with Crippen molar-refractivity contribution >= 4 is 34.1 Å². The maximum Gasteiger partial charge on any atom is 0.180 e. The summed E-state index contributed by atoms with van der Waals surface area (Å²) in [5, 5.41) is 3.37. The molecule has 1 N–H and O–H groups in total. The fourth-order valence-corrected chi connectivity index (χ4v) is 4.84. The van der Waals surface area contributed by atoms with Gasteiger partial charge in [0.15, 0.2) is 17.4 Å². The molecule has 1 atom stereocenters. The molecule has 1 aliphatic carbocycles. The molecule has 0 amide bonds. The number of rotatable bonds is 9. The summed E-state index contributed by atoms with van der Waals surface area (Å²) in [6, 6.07) is 18.6. The first-order valence-electron chi connectivity index (χ1n) is 13.2. The second kappa shape index (κ2) is 11.2. The number of hydrogen-bond acceptors (Lipinski definition) is 7. The lowest BCUT2D eigenvalue weighted by Crippen LogP contribution is -2.20. The Kier molecular flexibility index (Phi) is 7.16. The number of likely N-dealkylation sites (N-methyl/N-ethyl adjacent to an activating group) is 1. The summed E-state index contributed by atoms with van der Waals surface area (Å²) < 4.78 is 19.7. The van der Waals surface area contributed by atoms with E-state index >= 15 is 0 Å². The molecule has 200 valence electrons. The topological polar surface area (TPSA) is 75.5 Å². The Labute approximate surface area is 232 Å². The summed E-state index contributed by atoms with van der Waals surface area (Å²) >= 11 is 0. The van der Waals surface area contributed by atoms with Crippen LogP contribution in [0.5, 0.6) is 5.75 Å². The summed E-state index contributed by atoms with van der Waals surface area (Å²) in [5.74, 6) is 1.46. The van der Waals surface area contributed by atoms with Crippen LogP contribution in [0.25, 0.3) is 11.1 Å². The summed E-state index contributed by atoms with van der Waals surface area (Å²) in [6.45, 7) is 1.27.